The number of rotatable bonds is 9. The van der Waals surface area contributed by atoms with Crippen LogP contribution in [0, 0.1) is 0 Å². The molecule has 0 radical (unpaired) electrons. The topological polar surface area (TPSA) is 15.3 Å². The Morgan fingerprint density at radius 2 is 1.95 bits per heavy atom. The molecule has 20 heavy (non-hydrogen) atoms. The highest BCUT2D eigenvalue weighted by Crippen LogP contribution is 2.29. The Hall–Kier alpha value is -1.28. The molecule has 0 aliphatic heterocycles. The third-order valence-corrected chi connectivity index (χ3v) is 3.62. The van der Waals surface area contributed by atoms with Gasteiger partial charge in [-0.1, -0.05) is 38.1 Å². The summed E-state index contributed by atoms with van der Waals surface area (Å²) in [6, 6.07) is 9.65. The van der Waals surface area contributed by atoms with Gasteiger partial charge in [-0.25, -0.2) is 0 Å². The lowest BCUT2D eigenvalue weighted by atomic mass is 10.0. The van der Waals surface area contributed by atoms with Crippen molar-refractivity contribution in [3.05, 3.63) is 42.5 Å². The highest BCUT2D eigenvalue weighted by Gasteiger charge is 2.17. The number of nitrogens with zero attached hydrogens (tertiary/aromatic N) is 1. The van der Waals surface area contributed by atoms with Crippen LogP contribution in [0.2, 0.25) is 0 Å². The zero-order valence-corrected chi connectivity index (χ0v) is 13.5. The first-order valence-electron chi connectivity index (χ1n) is 7.85. The molecule has 1 N–H and O–H groups in total. The molecule has 1 aromatic carbocycles. The lowest BCUT2D eigenvalue weighted by Crippen LogP contribution is -2.33. The summed E-state index contributed by atoms with van der Waals surface area (Å²) in [7, 11) is 0. The van der Waals surface area contributed by atoms with Gasteiger partial charge in [-0.3, -0.25) is 0 Å². The predicted molar refractivity (Wildman–Crippen MR) is 90.4 cm³/mol. The summed E-state index contributed by atoms with van der Waals surface area (Å²) in [5.41, 5.74) is 2.73. The van der Waals surface area contributed by atoms with E-state index in [1.165, 1.54) is 17.7 Å². The van der Waals surface area contributed by atoms with Crippen molar-refractivity contribution in [2.45, 2.75) is 52.6 Å². The fourth-order valence-corrected chi connectivity index (χ4v) is 2.56. The Morgan fingerprint density at radius 3 is 2.50 bits per heavy atom. The van der Waals surface area contributed by atoms with Crippen molar-refractivity contribution in [2.24, 2.45) is 0 Å². The molecular weight excluding hydrogens is 244 g/mol. The molecule has 0 spiro atoms. The van der Waals surface area contributed by atoms with Gasteiger partial charge in [0.1, 0.15) is 0 Å². The van der Waals surface area contributed by atoms with Gasteiger partial charge in [0.05, 0.1) is 0 Å². The van der Waals surface area contributed by atoms with Crippen molar-refractivity contribution in [3.8, 4) is 0 Å². The molecule has 0 aromatic heterocycles. The van der Waals surface area contributed by atoms with E-state index < -0.39 is 0 Å². The number of hydrogen-bond donors (Lipinski definition) is 1. The summed E-state index contributed by atoms with van der Waals surface area (Å²) < 4.78 is 0. The van der Waals surface area contributed by atoms with Gasteiger partial charge >= 0.3 is 0 Å². The van der Waals surface area contributed by atoms with Crippen molar-refractivity contribution in [1.82, 2.24) is 5.32 Å². The second-order valence-electron chi connectivity index (χ2n) is 5.51. The fourth-order valence-electron chi connectivity index (χ4n) is 2.56. The van der Waals surface area contributed by atoms with E-state index in [1.54, 1.807) is 0 Å². The second-order valence-corrected chi connectivity index (χ2v) is 5.51. The maximum Gasteiger partial charge on any atom is 0.0419 e. The van der Waals surface area contributed by atoms with Gasteiger partial charge < -0.3 is 10.2 Å². The summed E-state index contributed by atoms with van der Waals surface area (Å²) in [6.45, 7) is 14.8. The smallest absolute Gasteiger partial charge is 0.0419 e. The van der Waals surface area contributed by atoms with Gasteiger partial charge in [0.25, 0.3) is 0 Å². The van der Waals surface area contributed by atoms with Crippen LogP contribution in [0.5, 0.6) is 0 Å². The first kappa shape index (κ1) is 16.8. The zero-order valence-electron chi connectivity index (χ0n) is 13.5. The van der Waals surface area contributed by atoms with Crippen LogP contribution in [-0.4, -0.2) is 19.1 Å². The van der Waals surface area contributed by atoms with E-state index in [4.69, 9.17) is 0 Å². The maximum absolute atomic E-state index is 3.90. The molecule has 2 heteroatoms. The lowest BCUT2D eigenvalue weighted by molar-refractivity contribution is 0.516. The molecular formula is C18H30N2. The Balaban J connectivity index is 3.09. The monoisotopic (exact) mass is 274 g/mol. The minimum absolute atomic E-state index is 0.428. The van der Waals surface area contributed by atoms with Gasteiger partial charge in [-0.2, -0.15) is 0 Å². The van der Waals surface area contributed by atoms with E-state index >= 15 is 0 Å². The van der Waals surface area contributed by atoms with Crippen molar-refractivity contribution in [2.75, 3.05) is 18.0 Å². The fraction of sp³-hybridized carbons (Fsp3) is 0.556. The van der Waals surface area contributed by atoms with E-state index in [0.29, 0.717) is 12.1 Å². The van der Waals surface area contributed by atoms with Gasteiger partial charge in [0.15, 0.2) is 0 Å². The van der Waals surface area contributed by atoms with Crippen LogP contribution in [0.3, 0.4) is 0 Å². The Labute approximate surface area is 124 Å². The molecule has 1 unspecified atom stereocenters. The van der Waals surface area contributed by atoms with Crippen LogP contribution in [0.4, 0.5) is 5.69 Å². The van der Waals surface area contributed by atoms with Crippen LogP contribution in [0.15, 0.2) is 36.9 Å². The van der Waals surface area contributed by atoms with E-state index in [1.807, 2.05) is 6.08 Å². The van der Waals surface area contributed by atoms with Crippen LogP contribution < -0.4 is 10.2 Å². The van der Waals surface area contributed by atoms with Gasteiger partial charge in [0, 0.05) is 24.3 Å². The van der Waals surface area contributed by atoms with Crippen molar-refractivity contribution in [1.29, 1.82) is 0 Å². The van der Waals surface area contributed by atoms with Crippen LogP contribution in [0.1, 0.15) is 52.1 Å². The lowest BCUT2D eigenvalue weighted by Gasteiger charge is -2.32. The van der Waals surface area contributed by atoms with E-state index in [0.717, 1.165) is 19.5 Å². The van der Waals surface area contributed by atoms with Crippen molar-refractivity contribution < 1.29 is 0 Å². The number of para-hydroxylation sites is 1. The maximum atomic E-state index is 3.90. The average molecular weight is 274 g/mol. The van der Waals surface area contributed by atoms with Gasteiger partial charge in [-0.05, 0) is 44.9 Å². The van der Waals surface area contributed by atoms with Crippen LogP contribution >= 0.6 is 0 Å². The van der Waals surface area contributed by atoms with E-state index in [9.17, 15) is 0 Å². The number of nitrogens with one attached hydrogen (secondary N) is 1. The minimum Gasteiger partial charge on any atom is -0.365 e. The average Bonchev–Trinajstić information content (AvgIpc) is 2.46. The quantitative estimate of drug-likeness (QED) is 0.665. The molecule has 0 heterocycles. The predicted octanol–water partition coefficient (Wildman–Crippen LogP) is 4.54. The SMILES string of the molecule is C=CCN(c1ccccc1C(CC)NCCC)C(C)C. The highest BCUT2D eigenvalue weighted by atomic mass is 15.2. The number of benzene rings is 1. The summed E-state index contributed by atoms with van der Waals surface area (Å²) in [6.07, 6.45) is 4.26. The molecule has 0 saturated carbocycles. The molecule has 0 aliphatic rings. The molecule has 0 amide bonds. The normalized spacial score (nSPS) is 12.4. The number of hydrogen-bond acceptors (Lipinski definition) is 2. The van der Waals surface area contributed by atoms with Gasteiger partial charge in [-0.15, -0.1) is 6.58 Å². The second kappa shape index (κ2) is 8.80. The highest BCUT2D eigenvalue weighted by molar-refractivity contribution is 5.56. The Kier molecular flexibility index (Phi) is 7.38. The van der Waals surface area contributed by atoms with E-state index in [2.05, 4.69) is 68.8 Å². The standard InChI is InChI=1S/C18H30N2/c1-6-13-19-17(8-3)16-11-9-10-12-18(16)20(14-7-2)15(4)5/h7,9-12,15,17,19H,2,6,8,13-14H2,1,3-5H3. The zero-order chi connectivity index (χ0) is 15.0. The Morgan fingerprint density at radius 1 is 1.25 bits per heavy atom. The third-order valence-electron chi connectivity index (χ3n) is 3.62. The molecule has 0 aliphatic carbocycles. The summed E-state index contributed by atoms with van der Waals surface area (Å²) in [4.78, 5) is 2.42. The molecule has 2 nitrogen and oxygen atoms in total. The largest absolute Gasteiger partial charge is 0.365 e. The number of anilines is 1. The van der Waals surface area contributed by atoms with Crippen molar-refractivity contribution >= 4 is 5.69 Å². The minimum atomic E-state index is 0.428. The molecule has 1 rings (SSSR count). The molecule has 0 saturated heterocycles. The summed E-state index contributed by atoms with van der Waals surface area (Å²) in [5, 5.41) is 3.66. The molecule has 1 aromatic rings. The van der Waals surface area contributed by atoms with Gasteiger partial charge in [0.2, 0.25) is 0 Å². The summed E-state index contributed by atoms with van der Waals surface area (Å²) >= 11 is 0. The third kappa shape index (κ3) is 4.38. The molecule has 1 atom stereocenters. The van der Waals surface area contributed by atoms with Crippen LogP contribution in [0.25, 0.3) is 0 Å². The van der Waals surface area contributed by atoms with Crippen LogP contribution in [-0.2, 0) is 0 Å². The molecule has 0 bridgehead atoms. The molecule has 0 fully saturated rings. The first-order chi connectivity index (χ1) is 9.65. The van der Waals surface area contributed by atoms with E-state index in [-0.39, 0.29) is 0 Å². The van der Waals surface area contributed by atoms with Crippen molar-refractivity contribution in [3.63, 3.8) is 0 Å². The first-order valence-corrected chi connectivity index (χ1v) is 7.85. The summed E-state index contributed by atoms with van der Waals surface area (Å²) in [5.74, 6) is 0. The Bertz CT molecular complexity index is 398. The molecule has 112 valence electrons.